The topological polar surface area (TPSA) is 35.2 Å². The van der Waals surface area contributed by atoms with Gasteiger partial charge < -0.3 is 10.5 Å². The number of rotatable bonds is 4. The lowest BCUT2D eigenvalue weighted by atomic mass is 10.0. The van der Waals surface area contributed by atoms with Crippen molar-refractivity contribution in [2.75, 3.05) is 6.61 Å². The fourth-order valence-electron chi connectivity index (χ4n) is 1.84. The van der Waals surface area contributed by atoms with Gasteiger partial charge in [0.15, 0.2) is 0 Å². The molecule has 18 heavy (non-hydrogen) atoms. The van der Waals surface area contributed by atoms with E-state index in [2.05, 4.69) is 28.9 Å². The lowest BCUT2D eigenvalue weighted by Gasteiger charge is -2.15. The van der Waals surface area contributed by atoms with Gasteiger partial charge >= 0.3 is 0 Å². The third kappa shape index (κ3) is 3.34. The molecule has 2 nitrogen and oxygen atoms in total. The summed E-state index contributed by atoms with van der Waals surface area (Å²) in [6, 6.07) is 15.8. The van der Waals surface area contributed by atoms with Crippen molar-refractivity contribution >= 4 is 15.9 Å². The van der Waals surface area contributed by atoms with Crippen LogP contribution in [0.2, 0.25) is 0 Å². The van der Waals surface area contributed by atoms with Crippen LogP contribution in [0.4, 0.5) is 0 Å². The Balaban J connectivity index is 2.00. The second-order valence-corrected chi connectivity index (χ2v) is 5.15. The number of halogens is 1. The zero-order valence-electron chi connectivity index (χ0n) is 10.3. The molecule has 0 aliphatic carbocycles. The van der Waals surface area contributed by atoms with Gasteiger partial charge in [-0.3, -0.25) is 0 Å². The summed E-state index contributed by atoms with van der Waals surface area (Å²) in [7, 11) is 0. The van der Waals surface area contributed by atoms with E-state index in [-0.39, 0.29) is 6.04 Å². The van der Waals surface area contributed by atoms with E-state index in [0.717, 1.165) is 15.8 Å². The molecule has 0 amide bonds. The van der Waals surface area contributed by atoms with Crippen molar-refractivity contribution in [3.8, 4) is 5.75 Å². The van der Waals surface area contributed by atoms with E-state index >= 15 is 0 Å². The van der Waals surface area contributed by atoms with Crippen molar-refractivity contribution in [3.05, 3.63) is 64.1 Å². The minimum Gasteiger partial charge on any atom is -0.492 e. The van der Waals surface area contributed by atoms with Gasteiger partial charge in [0, 0.05) is 4.47 Å². The van der Waals surface area contributed by atoms with Gasteiger partial charge in [0.05, 0.1) is 6.04 Å². The van der Waals surface area contributed by atoms with E-state index in [1.54, 1.807) is 0 Å². The average Bonchev–Trinajstić information content (AvgIpc) is 2.37. The molecule has 0 saturated carbocycles. The SMILES string of the molecule is Cc1ccccc1C(N)COc1cccc(Br)c1. The highest BCUT2D eigenvalue weighted by Crippen LogP contribution is 2.20. The summed E-state index contributed by atoms with van der Waals surface area (Å²) in [5.41, 5.74) is 8.47. The fourth-order valence-corrected chi connectivity index (χ4v) is 2.21. The maximum atomic E-state index is 6.15. The quantitative estimate of drug-likeness (QED) is 0.931. The van der Waals surface area contributed by atoms with Gasteiger partial charge in [-0.2, -0.15) is 0 Å². The highest BCUT2D eigenvalue weighted by molar-refractivity contribution is 9.10. The first-order valence-electron chi connectivity index (χ1n) is 5.86. The van der Waals surface area contributed by atoms with Crippen LogP contribution in [0.5, 0.6) is 5.75 Å². The molecule has 2 rings (SSSR count). The van der Waals surface area contributed by atoms with Crippen LogP contribution in [0.15, 0.2) is 53.0 Å². The number of hydrogen-bond acceptors (Lipinski definition) is 2. The van der Waals surface area contributed by atoms with E-state index in [0.29, 0.717) is 6.61 Å². The van der Waals surface area contributed by atoms with Gasteiger partial charge in [-0.1, -0.05) is 46.3 Å². The van der Waals surface area contributed by atoms with Gasteiger partial charge in [-0.25, -0.2) is 0 Å². The second-order valence-electron chi connectivity index (χ2n) is 4.23. The Labute approximate surface area is 116 Å². The van der Waals surface area contributed by atoms with E-state index in [1.165, 1.54) is 5.56 Å². The Morgan fingerprint density at radius 3 is 2.67 bits per heavy atom. The smallest absolute Gasteiger partial charge is 0.120 e. The van der Waals surface area contributed by atoms with Crippen molar-refractivity contribution in [3.63, 3.8) is 0 Å². The first-order chi connectivity index (χ1) is 8.66. The molecule has 1 atom stereocenters. The molecule has 0 heterocycles. The Morgan fingerprint density at radius 2 is 1.94 bits per heavy atom. The molecule has 1 unspecified atom stereocenters. The maximum absolute atomic E-state index is 6.15. The molecular formula is C15H16BrNO. The molecule has 0 saturated heterocycles. The van der Waals surface area contributed by atoms with Crippen LogP contribution < -0.4 is 10.5 Å². The van der Waals surface area contributed by atoms with E-state index in [9.17, 15) is 0 Å². The predicted molar refractivity (Wildman–Crippen MR) is 77.7 cm³/mol. The highest BCUT2D eigenvalue weighted by atomic mass is 79.9. The summed E-state index contributed by atoms with van der Waals surface area (Å²) in [6.45, 7) is 2.54. The van der Waals surface area contributed by atoms with Crippen LogP contribution in [0.1, 0.15) is 17.2 Å². The van der Waals surface area contributed by atoms with Crippen LogP contribution in [-0.2, 0) is 0 Å². The Kier molecular flexibility index (Phi) is 4.39. The lowest BCUT2D eigenvalue weighted by Crippen LogP contribution is -2.19. The summed E-state index contributed by atoms with van der Waals surface area (Å²) in [5.74, 6) is 0.827. The Bertz CT molecular complexity index is 527. The number of ether oxygens (including phenoxy) is 1. The maximum Gasteiger partial charge on any atom is 0.120 e. The number of benzene rings is 2. The van der Waals surface area contributed by atoms with Crippen LogP contribution in [0.3, 0.4) is 0 Å². The molecule has 0 aliphatic heterocycles. The van der Waals surface area contributed by atoms with Crippen molar-refractivity contribution in [2.45, 2.75) is 13.0 Å². The van der Waals surface area contributed by atoms with Gasteiger partial charge in [0.2, 0.25) is 0 Å². The van der Waals surface area contributed by atoms with Crippen molar-refractivity contribution < 1.29 is 4.74 Å². The molecule has 2 N–H and O–H groups in total. The molecule has 0 aromatic heterocycles. The van der Waals surface area contributed by atoms with Gasteiger partial charge in [-0.15, -0.1) is 0 Å². The highest BCUT2D eigenvalue weighted by Gasteiger charge is 2.09. The fraction of sp³-hybridized carbons (Fsp3) is 0.200. The second kappa shape index (κ2) is 6.03. The predicted octanol–water partition coefficient (Wildman–Crippen LogP) is 3.84. The molecular weight excluding hydrogens is 290 g/mol. The number of nitrogens with two attached hydrogens (primary N) is 1. The first kappa shape index (κ1) is 13.1. The van der Waals surface area contributed by atoms with Crippen LogP contribution in [-0.4, -0.2) is 6.61 Å². The lowest BCUT2D eigenvalue weighted by molar-refractivity contribution is 0.290. The van der Waals surface area contributed by atoms with Crippen molar-refractivity contribution in [2.24, 2.45) is 5.73 Å². The number of hydrogen-bond donors (Lipinski definition) is 1. The molecule has 0 aliphatic rings. The molecule has 94 valence electrons. The zero-order chi connectivity index (χ0) is 13.0. The molecule has 2 aromatic carbocycles. The van der Waals surface area contributed by atoms with Gasteiger partial charge in [-0.05, 0) is 36.2 Å². The summed E-state index contributed by atoms with van der Waals surface area (Å²) >= 11 is 3.41. The molecule has 0 fully saturated rings. The summed E-state index contributed by atoms with van der Waals surface area (Å²) in [4.78, 5) is 0. The Hall–Kier alpha value is -1.32. The third-order valence-corrected chi connectivity index (χ3v) is 3.31. The Morgan fingerprint density at radius 1 is 1.17 bits per heavy atom. The van der Waals surface area contributed by atoms with Crippen LogP contribution >= 0.6 is 15.9 Å². The van der Waals surface area contributed by atoms with E-state index < -0.39 is 0 Å². The van der Waals surface area contributed by atoms with Crippen LogP contribution in [0.25, 0.3) is 0 Å². The average molecular weight is 306 g/mol. The normalized spacial score (nSPS) is 12.2. The van der Waals surface area contributed by atoms with Crippen LogP contribution in [0, 0.1) is 6.92 Å². The van der Waals surface area contributed by atoms with E-state index in [4.69, 9.17) is 10.5 Å². The number of aryl methyl sites for hydroxylation is 1. The molecule has 2 aromatic rings. The minimum atomic E-state index is -0.106. The van der Waals surface area contributed by atoms with Crippen molar-refractivity contribution in [1.82, 2.24) is 0 Å². The first-order valence-corrected chi connectivity index (χ1v) is 6.65. The van der Waals surface area contributed by atoms with E-state index in [1.807, 2.05) is 42.5 Å². The standard InChI is InChI=1S/C15H16BrNO/c1-11-5-2-3-8-14(11)15(17)10-18-13-7-4-6-12(16)9-13/h2-9,15H,10,17H2,1H3. The zero-order valence-corrected chi connectivity index (χ0v) is 11.9. The summed E-state index contributed by atoms with van der Waals surface area (Å²) < 4.78 is 6.71. The van der Waals surface area contributed by atoms with Crippen molar-refractivity contribution in [1.29, 1.82) is 0 Å². The molecule has 0 bridgehead atoms. The minimum absolute atomic E-state index is 0.106. The molecule has 3 heteroatoms. The monoisotopic (exact) mass is 305 g/mol. The summed E-state index contributed by atoms with van der Waals surface area (Å²) in [5, 5.41) is 0. The van der Waals surface area contributed by atoms with Gasteiger partial charge in [0.1, 0.15) is 12.4 Å². The summed E-state index contributed by atoms with van der Waals surface area (Å²) in [6.07, 6.45) is 0. The third-order valence-electron chi connectivity index (χ3n) is 2.81. The van der Waals surface area contributed by atoms with Gasteiger partial charge in [0.25, 0.3) is 0 Å². The molecule has 0 spiro atoms. The largest absolute Gasteiger partial charge is 0.492 e. The molecule has 0 radical (unpaired) electrons.